The van der Waals surface area contributed by atoms with E-state index in [0.29, 0.717) is 5.56 Å². The molecule has 2 rings (SSSR count). The first-order valence-corrected chi connectivity index (χ1v) is 4.28. The molecule has 0 aliphatic carbocycles. The van der Waals surface area contributed by atoms with E-state index >= 15 is 0 Å². The smallest absolute Gasteiger partial charge is 0.101 e. The van der Waals surface area contributed by atoms with E-state index in [9.17, 15) is 0 Å². The standard InChI is InChI=1S/C9H5BrN2/c10-8-2-1-6(5-11)9-7(8)3-4-12-9/h1-4,12H. The zero-order valence-corrected chi connectivity index (χ0v) is 7.72. The third-order valence-corrected chi connectivity index (χ3v) is 2.48. The maximum Gasteiger partial charge on any atom is 0.101 e. The molecule has 0 bridgehead atoms. The second kappa shape index (κ2) is 2.65. The fraction of sp³-hybridized carbons (Fsp3) is 0. The monoisotopic (exact) mass is 220 g/mol. The Kier molecular flexibility index (Phi) is 1.63. The van der Waals surface area contributed by atoms with Crippen molar-refractivity contribution >= 4 is 26.8 Å². The molecule has 12 heavy (non-hydrogen) atoms. The lowest BCUT2D eigenvalue weighted by atomic mass is 10.2. The number of aromatic amines is 1. The number of hydrogen-bond donors (Lipinski definition) is 1. The van der Waals surface area contributed by atoms with Crippen LogP contribution >= 0.6 is 15.9 Å². The molecule has 3 heteroatoms. The molecule has 0 spiro atoms. The average Bonchev–Trinajstić information content (AvgIpc) is 2.54. The highest BCUT2D eigenvalue weighted by molar-refractivity contribution is 9.10. The molecule has 0 aliphatic heterocycles. The Balaban J connectivity index is 2.94. The van der Waals surface area contributed by atoms with Crippen LogP contribution in [0.3, 0.4) is 0 Å². The Hall–Kier alpha value is -1.27. The van der Waals surface area contributed by atoms with E-state index in [-0.39, 0.29) is 0 Å². The van der Waals surface area contributed by atoms with E-state index in [1.807, 2.05) is 18.3 Å². The molecule has 0 aliphatic rings. The second-order valence-corrected chi connectivity index (χ2v) is 3.33. The van der Waals surface area contributed by atoms with Gasteiger partial charge < -0.3 is 4.98 Å². The van der Waals surface area contributed by atoms with E-state index < -0.39 is 0 Å². The van der Waals surface area contributed by atoms with Gasteiger partial charge in [-0.1, -0.05) is 15.9 Å². The molecule has 0 saturated heterocycles. The maximum atomic E-state index is 8.76. The summed E-state index contributed by atoms with van der Waals surface area (Å²) < 4.78 is 1.01. The van der Waals surface area contributed by atoms with E-state index in [1.54, 1.807) is 6.07 Å². The van der Waals surface area contributed by atoms with Crippen LogP contribution in [0.25, 0.3) is 10.9 Å². The van der Waals surface area contributed by atoms with Gasteiger partial charge in [0.05, 0.1) is 11.1 Å². The molecule has 0 atom stereocenters. The minimum absolute atomic E-state index is 0.679. The third kappa shape index (κ3) is 0.926. The predicted octanol–water partition coefficient (Wildman–Crippen LogP) is 2.80. The van der Waals surface area contributed by atoms with Crippen molar-refractivity contribution in [2.45, 2.75) is 0 Å². The van der Waals surface area contributed by atoms with Gasteiger partial charge in [0.2, 0.25) is 0 Å². The molecular formula is C9H5BrN2. The summed E-state index contributed by atoms with van der Waals surface area (Å²) in [7, 11) is 0. The summed E-state index contributed by atoms with van der Waals surface area (Å²) in [5.41, 5.74) is 1.57. The van der Waals surface area contributed by atoms with Crippen molar-refractivity contribution in [1.29, 1.82) is 5.26 Å². The summed E-state index contributed by atoms with van der Waals surface area (Å²) in [6.45, 7) is 0. The van der Waals surface area contributed by atoms with Crippen LogP contribution in [-0.2, 0) is 0 Å². The first-order valence-electron chi connectivity index (χ1n) is 3.48. The highest BCUT2D eigenvalue weighted by atomic mass is 79.9. The van der Waals surface area contributed by atoms with Crippen molar-refractivity contribution < 1.29 is 0 Å². The van der Waals surface area contributed by atoms with Gasteiger partial charge in [0.15, 0.2) is 0 Å². The normalized spacial score (nSPS) is 10.0. The highest BCUT2D eigenvalue weighted by Gasteiger charge is 2.03. The Morgan fingerprint density at radius 3 is 2.92 bits per heavy atom. The lowest BCUT2D eigenvalue weighted by Crippen LogP contribution is -1.77. The zero-order valence-electron chi connectivity index (χ0n) is 6.13. The van der Waals surface area contributed by atoms with Crippen molar-refractivity contribution in [3.05, 3.63) is 34.4 Å². The molecule has 0 saturated carbocycles. The Bertz CT molecular complexity index is 465. The van der Waals surface area contributed by atoms with E-state index in [1.165, 1.54) is 0 Å². The number of nitriles is 1. The van der Waals surface area contributed by atoms with Crippen LogP contribution < -0.4 is 0 Å². The fourth-order valence-corrected chi connectivity index (χ4v) is 1.68. The number of halogens is 1. The summed E-state index contributed by atoms with van der Waals surface area (Å²) in [4.78, 5) is 3.03. The molecule has 1 heterocycles. The minimum Gasteiger partial charge on any atom is -0.360 e. The molecule has 1 N–H and O–H groups in total. The Labute approximate surface area is 77.9 Å². The van der Waals surface area contributed by atoms with Gasteiger partial charge in [-0.15, -0.1) is 0 Å². The largest absolute Gasteiger partial charge is 0.360 e. The van der Waals surface area contributed by atoms with Crippen LogP contribution in [-0.4, -0.2) is 4.98 Å². The van der Waals surface area contributed by atoms with Crippen LogP contribution in [0.15, 0.2) is 28.9 Å². The quantitative estimate of drug-likeness (QED) is 0.729. The summed E-state index contributed by atoms with van der Waals surface area (Å²) in [6, 6.07) is 7.75. The zero-order chi connectivity index (χ0) is 8.55. The van der Waals surface area contributed by atoms with Crippen molar-refractivity contribution in [2.24, 2.45) is 0 Å². The maximum absolute atomic E-state index is 8.76. The molecule has 0 unspecified atom stereocenters. The molecule has 0 radical (unpaired) electrons. The molecule has 2 aromatic rings. The SMILES string of the molecule is N#Cc1ccc(Br)c2cc[nH]c12. The highest BCUT2D eigenvalue weighted by Crippen LogP contribution is 2.25. The van der Waals surface area contributed by atoms with Gasteiger partial charge in [-0.05, 0) is 18.2 Å². The van der Waals surface area contributed by atoms with Gasteiger partial charge in [-0.25, -0.2) is 0 Å². The fourth-order valence-electron chi connectivity index (χ4n) is 1.21. The van der Waals surface area contributed by atoms with Crippen molar-refractivity contribution in [2.75, 3.05) is 0 Å². The number of hydrogen-bond acceptors (Lipinski definition) is 1. The van der Waals surface area contributed by atoms with Gasteiger partial charge >= 0.3 is 0 Å². The van der Waals surface area contributed by atoms with E-state index in [0.717, 1.165) is 15.4 Å². The number of nitrogens with one attached hydrogen (secondary N) is 1. The topological polar surface area (TPSA) is 39.6 Å². The van der Waals surface area contributed by atoms with Gasteiger partial charge in [-0.2, -0.15) is 5.26 Å². The van der Waals surface area contributed by atoms with Gasteiger partial charge in [0.1, 0.15) is 6.07 Å². The first-order chi connectivity index (χ1) is 5.83. The molecule has 1 aromatic carbocycles. The molecule has 0 fully saturated rings. The summed E-state index contributed by atoms with van der Waals surface area (Å²) >= 11 is 3.41. The number of aromatic nitrogens is 1. The minimum atomic E-state index is 0.679. The number of benzene rings is 1. The van der Waals surface area contributed by atoms with E-state index in [2.05, 4.69) is 27.0 Å². The summed E-state index contributed by atoms with van der Waals surface area (Å²) in [5.74, 6) is 0. The number of nitrogens with zero attached hydrogens (tertiary/aromatic N) is 1. The molecule has 0 amide bonds. The molecule has 1 aromatic heterocycles. The van der Waals surface area contributed by atoms with Gasteiger partial charge in [0, 0.05) is 16.1 Å². The lowest BCUT2D eigenvalue weighted by molar-refractivity contribution is 1.44. The lowest BCUT2D eigenvalue weighted by Gasteiger charge is -1.95. The van der Waals surface area contributed by atoms with Gasteiger partial charge in [0.25, 0.3) is 0 Å². The van der Waals surface area contributed by atoms with Crippen LogP contribution in [0.4, 0.5) is 0 Å². The number of rotatable bonds is 0. The molecule has 2 nitrogen and oxygen atoms in total. The number of H-pyrrole nitrogens is 1. The second-order valence-electron chi connectivity index (χ2n) is 2.47. The molecule has 58 valence electrons. The van der Waals surface area contributed by atoms with Crippen LogP contribution in [0, 0.1) is 11.3 Å². The van der Waals surface area contributed by atoms with Crippen molar-refractivity contribution in [3.8, 4) is 6.07 Å². The van der Waals surface area contributed by atoms with Crippen LogP contribution in [0.2, 0.25) is 0 Å². The van der Waals surface area contributed by atoms with Crippen molar-refractivity contribution in [3.63, 3.8) is 0 Å². The Morgan fingerprint density at radius 2 is 2.17 bits per heavy atom. The number of fused-ring (bicyclic) bond motifs is 1. The molecular weight excluding hydrogens is 216 g/mol. The Morgan fingerprint density at radius 1 is 1.33 bits per heavy atom. The van der Waals surface area contributed by atoms with Crippen molar-refractivity contribution in [1.82, 2.24) is 4.98 Å². The average molecular weight is 221 g/mol. The van der Waals surface area contributed by atoms with Crippen LogP contribution in [0.5, 0.6) is 0 Å². The first kappa shape index (κ1) is 7.38. The van der Waals surface area contributed by atoms with Gasteiger partial charge in [-0.3, -0.25) is 0 Å². The van der Waals surface area contributed by atoms with Crippen LogP contribution in [0.1, 0.15) is 5.56 Å². The summed E-state index contributed by atoms with van der Waals surface area (Å²) in [6.07, 6.45) is 1.83. The van der Waals surface area contributed by atoms with E-state index in [4.69, 9.17) is 5.26 Å². The summed E-state index contributed by atoms with van der Waals surface area (Å²) in [5, 5.41) is 9.81. The predicted molar refractivity (Wildman–Crippen MR) is 50.7 cm³/mol. The third-order valence-electron chi connectivity index (χ3n) is 1.79.